The van der Waals surface area contributed by atoms with Crippen LogP contribution in [0.1, 0.15) is 13.3 Å². The molecular formula is C14H20BrNO2S. The van der Waals surface area contributed by atoms with E-state index in [1.54, 1.807) is 0 Å². The number of hydrogen-bond acceptors (Lipinski definition) is 3. The van der Waals surface area contributed by atoms with Crippen molar-refractivity contribution in [2.75, 3.05) is 25.5 Å². The van der Waals surface area contributed by atoms with E-state index in [0.717, 1.165) is 35.5 Å². The van der Waals surface area contributed by atoms with E-state index in [1.807, 2.05) is 24.3 Å². The Balaban J connectivity index is 2.01. The van der Waals surface area contributed by atoms with E-state index in [0.29, 0.717) is 11.7 Å². The molecule has 0 radical (unpaired) electrons. The highest BCUT2D eigenvalue weighted by Crippen LogP contribution is 2.20. The van der Waals surface area contributed by atoms with E-state index in [4.69, 9.17) is 4.74 Å². The predicted octanol–water partition coefficient (Wildman–Crippen LogP) is 2.57. The molecular weight excluding hydrogens is 326 g/mol. The van der Waals surface area contributed by atoms with Crippen LogP contribution in [0.2, 0.25) is 0 Å². The Morgan fingerprint density at radius 2 is 2.42 bits per heavy atom. The van der Waals surface area contributed by atoms with Gasteiger partial charge in [-0.25, -0.2) is 0 Å². The van der Waals surface area contributed by atoms with Gasteiger partial charge in [0.15, 0.2) is 0 Å². The van der Waals surface area contributed by atoms with Gasteiger partial charge in [0.1, 0.15) is 0 Å². The summed E-state index contributed by atoms with van der Waals surface area (Å²) in [4.78, 5) is 0.885. The fraction of sp³-hybridized carbons (Fsp3) is 0.571. The molecule has 2 rings (SSSR count). The SMILES string of the molecule is CCNC(CS(=O)c1cccc(Br)c1)C1CCOC1. The molecule has 1 aromatic rings. The Labute approximate surface area is 125 Å². The van der Waals surface area contributed by atoms with Crippen molar-refractivity contribution < 1.29 is 8.95 Å². The van der Waals surface area contributed by atoms with E-state index < -0.39 is 10.8 Å². The molecule has 19 heavy (non-hydrogen) atoms. The maximum absolute atomic E-state index is 12.4. The standard InChI is InChI=1S/C14H20BrNO2S/c1-2-16-14(11-6-7-18-9-11)10-19(17)13-5-3-4-12(15)8-13/h3-5,8,11,14,16H,2,6-7,9-10H2,1H3. The first-order chi connectivity index (χ1) is 9.20. The van der Waals surface area contributed by atoms with Crippen molar-refractivity contribution in [3.05, 3.63) is 28.7 Å². The van der Waals surface area contributed by atoms with E-state index in [1.165, 1.54) is 0 Å². The van der Waals surface area contributed by atoms with E-state index in [9.17, 15) is 4.21 Å². The Hall–Kier alpha value is -0.230. The van der Waals surface area contributed by atoms with Crippen LogP contribution in [0, 0.1) is 5.92 Å². The Kier molecular flexibility index (Phi) is 6.01. The lowest BCUT2D eigenvalue weighted by Crippen LogP contribution is -2.40. The van der Waals surface area contributed by atoms with Crippen LogP contribution in [0.5, 0.6) is 0 Å². The second-order valence-electron chi connectivity index (χ2n) is 4.76. The molecule has 0 bridgehead atoms. The van der Waals surface area contributed by atoms with Crippen LogP contribution in [0.4, 0.5) is 0 Å². The average Bonchev–Trinajstić information content (AvgIpc) is 2.92. The van der Waals surface area contributed by atoms with Gasteiger partial charge in [0.2, 0.25) is 0 Å². The highest BCUT2D eigenvalue weighted by atomic mass is 79.9. The second-order valence-corrected chi connectivity index (χ2v) is 7.17. The Bertz CT molecular complexity index is 435. The van der Waals surface area contributed by atoms with Gasteiger partial charge in [-0.15, -0.1) is 0 Å². The summed E-state index contributed by atoms with van der Waals surface area (Å²) in [6.45, 7) is 4.60. The van der Waals surface area contributed by atoms with E-state index >= 15 is 0 Å². The van der Waals surface area contributed by atoms with Crippen LogP contribution in [-0.2, 0) is 15.5 Å². The first-order valence-electron chi connectivity index (χ1n) is 6.65. The van der Waals surface area contributed by atoms with Crippen LogP contribution in [0.15, 0.2) is 33.6 Å². The number of rotatable bonds is 6. The van der Waals surface area contributed by atoms with Gasteiger partial charge in [-0.05, 0) is 31.2 Å². The topological polar surface area (TPSA) is 38.3 Å². The van der Waals surface area contributed by atoms with Gasteiger partial charge in [-0.1, -0.05) is 28.9 Å². The monoisotopic (exact) mass is 345 g/mol. The van der Waals surface area contributed by atoms with Crippen molar-refractivity contribution in [1.82, 2.24) is 5.32 Å². The van der Waals surface area contributed by atoms with Crippen molar-refractivity contribution in [3.63, 3.8) is 0 Å². The smallest absolute Gasteiger partial charge is 0.0545 e. The van der Waals surface area contributed by atoms with Crippen LogP contribution < -0.4 is 5.32 Å². The highest BCUT2D eigenvalue weighted by Gasteiger charge is 2.26. The molecule has 5 heteroatoms. The summed E-state index contributed by atoms with van der Waals surface area (Å²) < 4.78 is 18.9. The highest BCUT2D eigenvalue weighted by molar-refractivity contribution is 9.10. The third-order valence-corrected chi connectivity index (χ3v) is 5.32. The van der Waals surface area contributed by atoms with Crippen LogP contribution in [-0.4, -0.2) is 35.8 Å². The third kappa shape index (κ3) is 4.38. The predicted molar refractivity (Wildman–Crippen MR) is 81.8 cm³/mol. The maximum Gasteiger partial charge on any atom is 0.0545 e. The molecule has 0 amide bonds. The number of ether oxygens (including phenoxy) is 1. The van der Waals surface area contributed by atoms with Gasteiger partial charge in [0, 0.05) is 33.7 Å². The molecule has 1 heterocycles. The Morgan fingerprint density at radius 3 is 3.05 bits per heavy atom. The largest absolute Gasteiger partial charge is 0.381 e. The lowest BCUT2D eigenvalue weighted by Gasteiger charge is -2.22. The molecule has 0 saturated carbocycles. The lowest BCUT2D eigenvalue weighted by molar-refractivity contribution is 0.179. The van der Waals surface area contributed by atoms with Gasteiger partial charge in [0.05, 0.1) is 17.4 Å². The number of hydrogen-bond donors (Lipinski definition) is 1. The number of halogens is 1. The summed E-state index contributed by atoms with van der Waals surface area (Å²) in [5, 5.41) is 3.46. The summed E-state index contributed by atoms with van der Waals surface area (Å²) in [6, 6.07) is 8.01. The van der Waals surface area contributed by atoms with Crippen LogP contribution in [0.3, 0.4) is 0 Å². The zero-order valence-corrected chi connectivity index (χ0v) is 13.5. The molecule has 0 aliphatic carbocycles. The van der Waals surface area contributed by atoms with Crippen LogP contribution in [0.25, 0.3) is 0 Å². The molecule has 1 aliphatic heterocycles. The average molecular weight is 346 g/mol. The molecule has 106 valence electrons. The first-order valence-corrected chi connectivity index (χ1v) is 8.77. The van der Waals surface area contributed by atoms with Gasteiger partial charge >= 0.3 is 0 Å². The normalized spacial score (nSPS) is 22.3. The maximum atomic E-state index is 12.4. The molecule has 0 aromatic heterocycles. The Morgan fingerprint density at radius 1 is 1.58 bits per heavy atom. The van der Waals surface area contributed by atoms with Crippen molar-refractivity contribution in [1.29, 1.82) is 0 Å². The molecule has 1 saturated heterocycles. The van der Waals surface area contributed by atoms with Gasteiger partial charge in [-0.3, -0.25) is 4.21 Å². The van der Waals surface area contributed by atoms with E-state index in [2.05, 4.69) is 28.2 Å². The van der Waals surface area contributed by atoms with Crippen molar-refractivity contribution in [2.45, 2.75) is 24.3 Å². The molecule has 1 N–H and O–H groups in total. The summed E-state index contributed by atoms with van der Waals surface area (Å²) in [7, 11) is -0.969. The fourth-order valence-corrected chi connectivity index (χ4v) is 4.31. The molecule has 3 nitrogen and oxygen atoms in total. The summed E-state index contributed by atoms with van der Waals surface area (Å²) in [5.74, 6) is 1.13. The summed E-state index contributed by atoms with van der Waals surface area (Å²) >= 11 is 3.42. The van der Waals surface area contributed by atoms with Crippen LogP contribution >= 0.6 is 15.9 Å². The second kappa shape index (κ2) is 7.53. The minimum atomic E-state index is -0.969. The van der Waals surface area contributed by atoms with Crippen molar-refractivity contribution >= 4 is 26.7 Å². The van der Waals surface area contributed by atoms with Gasteiger partial charge in [-0.2, -0.15) is 0 Å². The zero-order chi connectivity index (χ0) is 13.7. The molecule has 3 unspecified atom stereocenters. The number of benzene rings is 1. The lowest BCUT2D eigenvalue weighted by atomic mass is 10.0. The fourth-order valence-electron chi connectivity index (χ4n) is 2.36. The van der Waals surface area contributed by atoms with E-state index in [-0.39, 0.29) is 6.04 Å². The molecule has 1 aromatic carbocycles. The number of nitrogens with one attached hydrogen (secondary N) is 1. The van der Waals surface area contributed by atoms with Crippen molar-refractivity contribution in [2.24, 2.45) is 5.92 Å². The molecule has 1 fully saturated rings. The summed E-state index contributed by atoms with van der Waals surface area (Å²) in [6.07, 6.45) is 1.06. The molecule has 0 spiro atoms. The zero-order valence-electron chi connectivity index (χ0n) is 11.1. The molecule has 1 aliphatic rings. The van der Waals surface area contributed by atoms with Crippen molar-refractivity contribution in [3.8, 4) is 0 Å². The first kappa shape index (κ1) is 15.2. The summed E-state index contributed by atoms with van der Waals surface area (Å²) in [5.41, 5.74) is 0. The third-order valence-electron chi connectivity index (χ3n) is 3.39. The van der Waals surface area contributed by atoms with Gasteiger partial charge in [0.25, 0.3) is 0 Å². The minimum Gasteiger partial charge on any atom is -0.381 e. The van der Waals surface area contributed by atoms with Gasteiger partial charge < -0.3 is 10.1 Å². The minimum absolute atomic E-state index is 0.271. The quantitative estimate of drug-likeness (QED) is 0.860. The molecule has 3 atom stereocenters.